The van der Waals surface area contributed by atoms with Crippen molar-refractivity contribution in [3.05, 3.63) is 12.1 Å². The minimum Gasteiger partial charge on any atom is -0.311 e. The second-order valence-electron chi connectivity index (χ2n) is 5.80. The predicted molar refractivity (Wildman–Crippen MR) is 105 cm³/mol. The van der Waals surface area contributed by atoms with Crippen LogP contribution < -0.4 is 16.0 Å². The first-order valence-electron chi connectivity index (χ1n) is 7.93. The van der Waals surface area contributed by atoms with Crippen LogP contribution in [0.1, 0.15) is 27.2 Å². The van der Waals surface area contributed by atoms with Crippen LogP contribution in [0.4, 0.5) is 11.6 Å². The highest BCUT2D eigenvalue weighted by atomic mass is 32.2. The van der Waals surface area contributed by atoms with E-state index in [1.807, 2.05) is 32.9 Å². The van der Waals surface area contributed by atoms with Gasteiger partial charge in [0.05, 0.1) is 9.64 Å². The molecule has 134 valence electrons. The average molecular weight is 361 g/mol. The van der Waals surface area contributed by atoms with Crippen molar-refractivity contribution in [2.75, 3.05) is 24.2 Å². The largest absolute Gasteiger partial charge is 0.311 e. The van der Waals surface area contributed by atoms with E-state index in [9.17, 15) is 4.79 Å². The molecule has 2 heterocycles. The number of rotatable bonds is 3. The van der Waals surface area contributed by atoms with Gasteiger partial charge < -0.3 is 10.6 Å². The number of anilines is 2. The molecular formula is C16H23N7OS. The van der Waals surface area contributed by atoms with Gasteiger partial charge in [-0.25, -0.2) is 9.98 Å². The van der Waals surface area contributed by atoms with E-state index in [0.717, 1.165) is 11.3 Å². The van der Waals surface area contributed by atoms with Gasteiger partial charge in [0.25, 0.3) is 0 Å². The quantitative estimate of drug-likeness (QED) is 0.566. The van der Waals surface area contributed by atoms with E-state index < -0.39 is 4.75 Å². The Morgan fingerprint density at radius 2 is 2.20 bits per heavy atom. The van der Waals surface area contributed by atoms with Gasteiger partial charge in [-0.1, -0.05) is 6.92 Å². The lowest BCUT2D eigenvalue weighted by molar-refractivity contribution is -0.117. The summed E-state index contributed by atoms with van der Waals surface area (Å²) in [5.74, 6) is 1.84. The van der Waals surface area contributed by atoms with Gasteiger partial charge in [-0.15, -0.1) is 11.8 Å². The number of aliphatic imine (C=N–C) groups is 3. The van der Waals surface area contributed by atoms with Crippen LogP contribution in [-0.4, -0.2) is 47.9 Å². The number of nitrogens with one attached hydrogen (secondary N) is 3. The van der Waals surface area contributed by atoms with Crippen molar-refractivity contribution >= 4 is 47.9 Å². The summed E-state index contributed by atoms with van der Waals surface area (Å²) in [6, 6.07) is 3.75. The summed E-state index contributed by atoms with van der Waals surface area (Å²) >= 11 is 1.49. The minimum atomic E-state index is -0.512. The number of amides is 1. The maximum Gasteiger partial charge on any atom is 0.241 e. The number of hydrogen-bond acceptors (Lipinski definition) is 5. The second-order valence-corrected chi connectivity index (χ2v) is 7.46. The minimum absolute atomic E-state index is 0.0676. The van der Waals surface area contributed by atoms with E-state index in [2.05, 4.69) is 42.6 Å². The fourth-order valence-electron chi connectivity index (χ4n) is 1.98. The molecule has 8 nitrogen and oxygen atoms in total. The van der Waals surface area contributed by atoms with E-state index in [4.69, 9.17) is 0 Å². The molecule has 0 unspecified atom stereocenters. The fourth-order valence-corrected chi connectivity index (χ4v) is 3.01. The normalized spacial score (nSPS) is 16.7. The summed E-state index contributed by atoms with van der Waals surface area (Å²) in [7, 11) is 1.63. The molecule has 25 heavy (non-hydrogen) atoms. The van der Waals surface area contributed by atoms with Crippen LogP contribution in [0.15, 0.2) is 32.0 Å². The average Bonchev–Trinajstić information content (AvgIpc) is 2.58. The molecule has 0 atom stereocenters. The van der Waals surface area contributed by atoms with Gasteiger partial charge in [0.2, 0.25) is 17.8 Å². The fraction of sp³-hybridized carbons (Fsp3) is 0.438. The summed E-state index contributed by atoms with van der Waals surface area (Å²) in [4.78, 5) is 29.7. The summed E-state index contributed by atoms with van der Waals surface area (Å²) < 4.78 is -0.512. The van der Waals surface area contributed by atoms with Crippen LogP contribution >= 0.6 is 11.8 Å². The lowest BCUT2D eigenvalue weighted by atomic mass is 10.2. The standard InChI is InChI=1S/C16H23N7OS/c1-6-9-19-14(17-4)23-15(18-5)21-11-8-7-10-12(20-11)22-13(24)16(2,3)25-10/h7-8H,4,6,9H2,1-3,5H3,(H3,18,19,20,21,22,23,24). The van der Waals surface area contributed by atoms with Gasteiger partial charge in [-0.2, -0.15) is 0 Å². The Morgan fingerprint density at radius 3 is 2.84 bits per heavy atom. The molecule has 1 aromatic rings. The van der Waals surface area contributed by atoms with Crippen molar-refractivity contribution in [3.63, 3.8) is 0 Å². The summed E-state index contributed by atoms with van der Waals surface area (Å²) in [6.45, 7) is 9.94. The number of nitrogens with zero attached hydrogens (tertiary/aromatic N) is 4. The molecule has 1 aliphatic rings. The Hall–Kier alpha value is -2.42. The lowest BCUT2D eigenvalue weighted by Crippen LogP contribution is -2.38. The Balaban J connectivity index is 2.13. The number of carbonyl (C=O) groups is 1. The monoisotopic (exact) mass is 361 g/mol. The van der Waals surface area contributed by atoms with Gasteiger partial charge in [0.1, 0.15) is 11.6 Å². The number of guanidine groups is 2. The van der Waals surface area contributed by atoms with E-state index in [1.54, 1.807) is 7.05 Å². The third-order valence-electron chi connectivity index (χ3n) is 3.34. The molecule has 0 aromatic carbocycles. The van der Waals surface area contributed by atoms with E-state index in [-0.39, 0.29) is 5.91 Å². The lowest BCUT2D eigenvalue weighted by Gasteiger charge is -2.29. The summed E-state index contributed by atoms with van der Waals surface area (Å²) in [6.07, 6.45) is 0.910. The first-order valence-corrected chi connectivity index (χ1v) is 8.74. The van der Waals surface area contributed by atoms with Crippen LogP contribution in [-0.2, 0) is 4.79 Å². The predicted octanol–water partition coefficient (Wildman–Crippen LogP) is 2.36. The van der Waals surface area contributed by atoms with Crippen molar-refractivity contribution < 1.29 is 4.79 Å². The number of carbonyl (C=O) groups excluding carboxylic acids is 1. The number of aromatic nitrogens is 1. The topological polar surface area (TPSA) is 103 Å². The third kappa shape index (κ3) is 4.79. The van der Waals surface area contributed by atoms with Crippen LogP contribution in [0.3, 0.4) is 0 Å². The van der Waals surface area contributed by atoms with Crippen molar-refractivity contribution in [2.24, 2.45) is 15.0 Å². The zero-order chi connectivity index (χ0) is 18.4. The number of thioether (sulfide) groups is 1. The van der Waals surface area contributed by atoms with Gasteiger partial charge in [0, 0.05) is 13.6 Å². The second kappa shape index (κ2) is 8.11. The highest BCUT2D eigenvalue weighted by Crippen LogP contribution is 2.41. The summed E-state index contributed by atoms with van der Waals surface area (Å²) in [5.41, 5.74) is 0. The van der Waals surface area contributed by atoms with Crippen LogP contribution in [0.5, 0.6) is 0 Å². The molecule has 0 bridgehead atoms. The molecule has 9 heteroatoms. The molecule has 0 saturated carbocycles. The molecule has 0 fully saturated rings. The first-order chi connectivity index (χ1) is 11.9. The summed E-state index contributed by atoms with van der Waals surface area (Å²) in [5, 5.41) is 8.86. The molecule has 1 aliphatic heterocycles. The van der Waals surface area contributed by atoms with Crippen molar-refractivity contribution in [1.82, 2.24) is 10.3 Å². The van der Waals surface area contributed by atoms with Gasteiger partial charge in [0.15, 0.2) is 0 Å². The first kappa shape index (κ1) is 18.9. The zero-order valence-corrected chi connectivity index (χ0v) is 15.7. The van der Waals surface area contributed by atoms with Crippen molar-refractivity contribution in [3.8, 4) is 0 Å². The Bertz CT molecular complexity index is 727. The smallest absolute Gasteiger partial charge is 0.241 e. The van der Waals surface area contributed by atoms with Crippen molar-refractivity contribution in [2.45, 2.75) is 36.8 Å². The van der Waals surface area contributed by atoms with Crippen LogP contribution in [0.2, 0.25) is 0 Å². The molecule has 0 aliphatic carbocycles. The molecule has 0 spiro atoms. The van der Waals surface area contributed by atoms with Gasteiger partial charge in [-0.3, -0.25) is 20.1 Å². The zero-order valence-electron chi connectivity index (χ0n) is 14.9. The molecule has 1 aromatic heterocycles. The van der Waals surface area contributed by atoms with E-state index in [0.29, 0.717) is 30.1 Å². The van der Waals surface area contributed by atoms with Gasteiger partial charge in [-0.05, 0) is 39.1 Å². The SMILES string of the molecule is C=NC(=NCCC)NC(=NC)Nc1ccc2c(n1)NC(=O)C(C)(C)S2. The maximum atomic E-state index is 12.1. The Kier molecular flexibility index (Phi) is 6.13. The highest BCUT2D eigenvalue weighted by molar-refractivity contribution is 8.01. The molecular weight excluding hydrogens is 338 g/mol. The van der Waals surface area contributed by atoms with Gasteiger partial charge >= 0.3 is 0 Å². The highest BCUT2D eigenvalue weighted by Gasteiger charge is 2.35. The maximum absolute atomic E-state index is 12.1. The molecule has 3 N–H and O–H groups in total. The molecule has 2 rings (SSSR count). The van der Waals surface area contributed by atoms with Crippen molar-refractivity contribution in [1.29, 1.82) is 0 Å². The third-order valence-corrected chi connectivity index (χ3v) is 4.58. The Morgan fingerprint density at radius 1 is 1.44 bits per heavy atom. The Labute approximate surface area is 151 Å². The number of pyridine rings is 1. The molecule has 0 radical (unpaired) electrons. The van der Waals surface area contributed by atoms with Crippen LogP contribution in [0, 0.1) is 0 Å². The molecule has 0 saturated heterocycles. The number of hydrogen-bond donors (Lipinski definition) is 3. The van der Waals surface area contributed by atoms with E-state index >= 15 is 0 Å². The van der Waals surface area contributed by atoms with E-state index in [1.165, 1.54) is 11.8 Å². The van der Waals surface area contributed by atoms with Crippen LogP contribution in [0.25, 0.3) is 0 Å². The number of fused-ring (bicyclic) bond motifs is 1. The molecule has 1 amide bonds.